The first-order chi connectivity index (χ1) is 17.1. The van der Waals surface area contributed by atoms with E-state index in [1.54, 1.807) is 0 Å². The molecule has 1 saturated heterocycles. The monoisotopic (exact) mass is 521 g/mol. The number of unbranched alkanes of at least 4 members (excludes halogenated alkanes) is 1. The molecule has 188 valence electrons. The van der Waals surface area contributed by atoms with Gasteiger partial charge in [0.15, 0.2) is 0 Å². The van der Waals surface area contributed by atoms with E-state index in [1.807, 2.05) is 36.4 Å². The Balaban J connectivity index is 0.00000304. The van der Waals surface area contributed by atoms with Crippen molar-refractivity contribution in [3.05, 3.63) is 88.9 Å². The highest BCUT2D eigenvalue weighted by atomic mass is 35.5. The van der Waals surface area contributed by atoms with E-state index < -0.39 is 0 Å². The van der Waals surface area contributed by atoms with Crippen LogP contribution in [-0.4, -0.2) is 50.1 Å². The molecule has 0 bridgehead atoms. The molecule has 0 unspecified atom stereocenters. The highest BCUT2D eigenvalue weighted by molar-refractivity contribution is 6.31. The maximum atomic E-state index is 12.7. The van der Waals surface area contributed by atoms with E-state index in [2.05, 4.69) is 58.4 Å². The number of nitrogens with zero attached hydrogens (tertiary/aromatic N) is 2. The third kappa shape index (κ3) is 5.95. The summed E-state index contributed by atoms with van der Waals surface area (Å²) in [4.78, 5) is 17.7. The largest absolute Gasteiger partial charge is 0.369 e. The second-order valence-electron chi connectivity index (χ2n) is 9.44. The van der Waals surface area contributed by atoms with E-state index in [0.717, 1.165) is 72.5 Å². The third-order valence-corrected chi connectivity index (χ3v) is 7.52. The van der Waals surface area contributed by atoms with Gasteiger partial charge in [-0.3, -0.25) is 9.69 Å². The van der Waals surface area contributed by atoms with Crippen LogP contribution < -0.4 is 10.2 Å². The van der Waals surface area contributed by atoms with Crippen molar-refractivity contribution in [1.82, 2.24) is 10.2 Å². The van der Waals surface area contributed by atoms with Crippen molar-refractivity contribution in [2.75, 3.05) is 44.2 Å². The van der Waals surface area contributed by atoms with Crippen molar-refractivity contribution in [2.45, 2.75) is 19.8 Å². The van der Waals surface area contributed by atoms with Gasteiger partial charge < -0.3 is 10.2 Å². The molecule has 4 aromatic carbocycles. The summed E-state index contributed by atoms with van der Waals surface area (Å²) in [6, 6.07) is 24.8. The molecular weight excluding hydrogens is 489 g/mol. The zero-order chi connectivity index (χ0) is 24.2. The molecule has 1 amide bonds. The minimum absolute atomic E-state index is 0. The summed E-state index contributed by atoms with van der Waals surface area (Å²) in [5.41, 5.74) is 3.14. The van der Waals surface area contributed by atoms with Gasteiger partial charge in [0.05, 0.1) is 0 Å². The number of carbonyl (C=O) groups is 1. The van der Waals surface area contributed by atoms with Gasteiger partial charge in [0, 0.05) is 49.0 Å². The molecule has 4 aromatic rings. The Morgan fingerprint density at radius 3 is 2.28 bits per heavy atom. The fraction of sp³-hybridized carbons (Fsp3) is 0.300. The molecule has 5 rings (SSSR count). The first-order valence-electron chi connectivity index (χ1n) is 12.5. The third-order valence-electron chi connectivity index (χ3n) is 7.11. The molecule has 0 aliphatic carbocycles. The molecule has 0 spiro atoms. The van der Waals surface area contributed by atoms with E-state index in [9.17, 15) is 4.79 Å². The second kappa shape index (κ2) is 12.0. The average molecular weight is 523 g/mol. The van der Waals surface area contributed by atoms with Gasteiger partial charge in [-0.1, -0.05) is 48.0 Å². The number of anilines is 1. The molecule has 0 saturated carbocycles. The minimum Gasteiger partial charge on any atom is -0.369 e. The van der Waals surface area contributed by atoms with Crippen LogP contribution in [0.4, 0.5) is 5.69 Å². The molecular formula is C30H33Cl2N3O. The van der Waals surface area contributed by atoms with Crippen LogP contribution in [0, 0.1) is 6.92 Å². The number of amides is 1. The molecule has 6 heteroatoms. The van der Waals surface area contributed by atoms with Gasteiger partial charge in [-0.15, -0.1) is 12.4 Å². The zero-order valence-corrected chi connectivity index (χ0v) is 22.2. The maximum Gasteiger partial charge on any atom is 0.251 e. The standard InChI is InChI=1S/C30H32ClN3O.ClH/c1-22-28(31)9-6-10-29(22)34-17-15-33(16-18-34)14-5-4-13-32-30(35)26-12-11-25-19-23-7-2-3-8-24(23)20-27(25)21-26;/h2-3,6-12,19-21H,4-5,13-18H2,1H3,(H,32,35);1H. The van der Waals surface area contributed by atoms with Gasteiger partial charge in [0.1, 0.15) is 0 Å². The first kappa shape index (κ1) is 26.3. The number of benzene rings is 4. The highest BCUT2D eigenvalue weighted by Crippen LogP contribution is 2.27. The average Bonchev–Trinajstić information content (AvgIpc) is 2.89. The summed E-state index contributed by atoms with van der Waals surface area (Å²) >= 11 is 6.30. The Morgan fingerprint density at radius 2 is 1.53 bits per heavy atom. The number of hydrogen-bond acceptors (Lipinski definition) is 3. The van der Waals surface area contributed by atoms with Gasteiger partial charge in [0.2, 0.25) is 0 Å². The molecule has 1 N–H and O–H groups in total. The molecule has 4 nitrogen and oxygen atoms in total. The summed E-state index contributed by atoms with van der Waals surface area (Å²) in [7, 11) is 0. The number of halogens is 2. The number of hydrogen-bond donors (Lipinski definition) is 1. The Kier molecular flexibility index (Phi) is 8.73. The Hall–Kier alpha value is -2.79. The van der Waals surface area contributed by atoms with Gasteiger partial charge >= 0.3 is 0 Å². The number of nitrogens with one attached hydrogen (secondary N) is 1. The molecule has 0 radical (unpaired) electrons. The van der Waals surface area contributed by atoms with Crippen molar-refractivity contribution in [1.29, 1.82) is 0 Å². The lowest BCUT2D eigenvalue weighted by atomic mass is 10.0. The van der Waals surface area contributed by atoms with Crippen molar-refractivity contribution in [2.24, 2.45) is 0 Å². The van der Waals surface area contributed by atoms with Gasteiger partial charge in [-0.05, 0) is 89.8 Å². The van der Waals surface area contributed by atoms with Crippen molar-refractivity contribution < 1.29 is 4.79 Å². The minimum atomic E-state index is 0. The summed E-state index contributed by atoms with van der Waals surface area (Å²) in [5.74, 6) is 0.00515. The van der Waals surface area contributed by atoms with E-state index in [0.29, 0.717) is 6.54 Å². The Morgan fingerprint density at radius 1 is 0.833 bits per heavy atom. The predicted molar refractivity (Wildman–Crippen MR) is 155 cm³/mol. The van der Waals surface area contributed by atoms with Crippen LogP contribution >= 0.6 is 24.0 Å². The smallest absolute Gasteiger partial charge is 0.251 e. The lowest BCUT2D eigenvalue weighted by Crippen LogP contribution is -2.46. The van der Waals surface area contributed by atoms with Crippen LogP contribution in [0.25, 0.3) is 21.5 Å². The SMILES string of the molecule is Cc1c(Cl)cccc1N1CCN(CCCCNC(=O)c2ccc3cc4ccccc4cc3c2)CC1.Cl. The maximum absolute atomic E-state index is 12.7. The topological polar surface area (TPSA) is 35.6 Å². The van der Waals surface area contributed by atoms with Crippen LogP contribution in [0.1, 0.15) is 28.8 Å². The quantitative estimate of drug-likeness (QED) is 0.217. The van der Waals surface area contributed by atoms with Crippen LogP contribution in [0.5, 0.6) is 0 Å². The number of carbonyl (C=O) groups excluding carboxylic acids is 1. The van der Waals surface area contributed by atoms with E-state index in [1.165, 1.54) is 16.5 Å². The van der Waals surface area contributed by atoms with Crippen LogP contribution in [-0.2, 0) is 0 Å². The van der Waals surface area contributed by atoms with Crippen molar-refractivity contribution >= 4 is 57.1 Å². The summed E-state index contributed by atoms with van der Waals surface area (Å²) in [6.07, 6.45) is 2.07. The first-order valence-corrected chi connectivity index (χ1v) is 12.9. The predicted octanol–water partition coefficient (Wildman–Crippen LogP) is 6.71. The van der Waals surface area contributed by atoms with Crippen LogP contribution in [0.3, 0.4) is 0 Å². The lowest BCUT2D eigenvalue weighted by Gasteiger charge is -2.37. The molecule has 1 aliphatic heterocycles. The van der Waals surface area contributed by atoms with Crippen molar-refractivity contribution in [3.8, 4) is 0 Å². The Bertz CT molecular complexity index is 1350. The van der Waals surface area contributed by atoms with Gasteiger partial charge in [0.25, 0.3) is 5.91 Å². The summed E-state index contributed by atoms with van der Waals surface area (Å²) < 4.78 is 0. The molecule has 1 heterocycles. The fourth-order valence-electron chi connectivity index (χ4n) is 5.00. The van der Waals surface area contributed by atoms with Crippen LogP contribution in [0.15, 0.2) is 72.8 Å². The fourth-order valence-corrected chi connectivity index (χ4v) is 5.17. The number of piperazine rings is 1. The highest BCUT2D eigenvalue weighted by Gasteiger charge is 2.18. The van der Waals surface area contributed by atoms with Gasteiger partial charge in [-0.2, -0.15) is 0 Å². The molecule has 0 aromatic heterocycles. The molecule has 1 aliphatic rings. The van der Waals surface area contributed by atoms with Crippen molar-refractivity contribution in [3.63, 3.8) is 0 Å². The molecule has 36 heavy (non-hydrogen) atoms. The zero-order valence-electron chi connectivity index (χ0n) is 20.7. The molecule has 0 atom stereocenters. The Labute approximate surface area is 224 Å². The van der Waals surface area contributed by atoms with E-state index >= 15 is 0 Å². The normalized spacial score (nSPS) is 14.1. The number of fused-ring (bicyclic) bond motifs is 2. The van der Waals surface area contributed by atoms with E-state index in [-0.39, 0.29) is 18.3 Å². The second-order valence-corrected chi connectivity index (χ2v) is 9.84. The summed E-state index contributed by atoms with van der Waals surface area (Å²) in [6.45, 7) is 8.04. The molecule has 1 fully saturated rings. The van der Waals surface area contributed by atoms with Gasteiger partial charge in [-0.25, -0.2) is 0 Å². The number of rotatable bonds is 7. The lowest BCUT2D eigenvalue weighted by molar-refractivity contribution is 0.0952. The summed E-state index contributed by atoms with van der Waals surface area (Å²) in [5, 5.41) is 8.61. The van der Waals surface area contributed by atoms with Crippen LogP contribution in [0.2, 0.25) is 5.02 Å². The van der Waals surface area contributed by atoms with E-state index in [4.69, 9.17) is 11.6 Å².